The smallest absolute Gasteiger partial charge is 0.0471 e. The van der Waals surface area contributed by atoms with Crippen LogP contribution >= 0.6 is 0 Å². The van der Waals surface area contributed by atoms with Crippen molar-refractivity contribution in [2.75, 3.05) is 0 Å². The topological polar surface area (TPSA) is 15.8 Å². The third-order valence-electron chi connectivity index (χ3n) is 8.97. The summed E-state index contributed by atoms with van der Waals surface area (Å²) in [5.74, 6) is 0. The van der Waals surface area contributed by atoms with Crippen molar-refractivity contribution in [1.29, 1.82) is 0 Å². The summed E-state index contributed by atoms with van der Waals surface area (Å²) in [6.45, 7) is 0. The summed E-state index contributed by atoms with van der Waals surface area (Å²) in [6.07, 6.45) is 0. The van der Waals surface area contributed by atoms with Gasteiger partial charge in [0.1, 0.15) is 0 Å². The Balaban J connectivity index is 1.36. The van der Waals surface area contributed by atoms with Crippen molar-refractivity contribution in [2.24, 2.45) is 0 Å². The zero-order chi connectivity index (χ0) is 28.3. The van der Waals surface area contributed by atoms with Crippen LogP contribution in [-0.4, -0.2) is 4.98 Å². The molecule has 1 N–H and O–H groups in total. The number of H-pyrrole nitrogens is 1. The van der Waals surface area contributed by atoms with Crippen molar-refractivity contribution in [3.8, 4) is 33.4 Å². The van der Waals surface area contributed by atoms with E-state index < -0.39 is 0 Å². The maximum absolute atomic E-state index is 3.68. The number of hydrogen-bond donors (Lipinski definition) is 1. The van der Waals surface area contributed by atoms with Crippen molar-refractivity contribution in [3.63, 3.8) is 0 Å². The van der Waals surface area contributed by atoms with Crippen LogP contribution in [0.1, 0.15) is 0 Å². The van der Waals surface area contributed by atoms with Gasteiger partial charge in [-0.05, 0) is 90.0 Å². The van der Waals surface area contributed by atoms with Gasteiger partial charge in [0, 0.05) is 21.8 Å². The Morgan fingerprint density at radius 2 is 0.837 bits per heavy atom. The highest BCUT2D eigenvalue weighted by Gasteiger charge is 2.19. The molecule has 9 rings (SSSR count). The first-order valence-electron chi connectivity index (χ1n) is 14.9. The highest BCUT2D eigenvalue weighted by Crippen LogP contribution is 2.46. The summed E-state index contributed by atoms with van der Waals surface area (Å²) in [4.78, 5) is 3.68. The minimum Gasteiger partial charge on any atom is -0.354 e. The lowest BCUT2D eigenvalue weighted by Crippen LogP contribution is -1.92. The van der Waals surface area contributed by atoms with Gasteiger partial charge in [0.05, 0.1) is 0 Å². The van der Waals surface area contributed by atoms with Gasteiger partial charge in [0.25, 0.3) is 0 Å². The number of nitrogens with one attached hydrogen (secondary N) is 1. The van der Waals surface area contributed by atoms with Gasteiger partial charge in [-0.2, -0.15) is 0 Å². The molecule has 0 aliphatic carbocycles. The molecule has 0 amide bonds. The van der Waals surface area contributed by atoms with E-state index in [9.17, 15) is 0 Å². The molecule has 0 unspecified atom stereocenters. The maximum Gasteiger partial charge on any atom is 0.0471 e. The summed E-state index contributed by atoms with van der Waals surface area (Å²) in [7, 11) is 0. The molecule has 0 bridgehead atoms. The fourth-order valence-electron chi connectivity index (χ4n) is 7.04. The van der Waals surface area contributed by atoms with Crippen LogP contribution in [0, 0.1) is 0 Å². The molecule has 1 aromatic heterocycles. The molecule has 0 radical (unpaired) electrons. The largest absolute Gasteiger partial charge is 0.354 e. The molecule has 1 nitrogen and oxygen atoms in total. The third-order valence-corrected chi connectivity index (χ3v) is 8.97. The molecule has 0 aliphatic heterocycles. The van der Waals surface area contributed by atoms with Crippen LogP contribution in [0.15, 0.2) is 158 Å². The Kier molecular flexibility index (Phi) is 5.27. The minimum atomic E-state index is 1.16. The van der Waals surface area contributed by atoms with Crippen molar-refractivity contribution in [3.05, 3.63) is 158 Å². The predicted octanol–water partition coefficient (Wildman–Crippen LogP) is 11.8. The average Bonchev–Trinajstić information content (AvgIpc) is 3.43. The first-order chi connectivity index (χ1) is 21.3. The number of benzene rings is 8. The Bertz CT molecular complexity index is 2440. The van der Waals surface area contributed by atoms with Crippen molar-refractivity contribution >= 4 is 54.1 Å². The van der Waals surface area contributed by atoms with E-state index in [1.807, 2.05) is 0 Å². The Morgan fingerprint density at radius 3 is 1.53 bits per heavy atom. The second-order valence-corrected chi connectivity index (χ2v) is 11.4. The van der Waals surface area contributed by atoms with Crippen LogP contribution in [-0.2, 0) is 0 Å². The Labute approximate surface area is 249 Å². The number of aromatic nitrogens is 1. The van der Waals surface area contributed by atoms with Crippen LogP contribution in [0.2, 0.25) is 0 Å². The van der Waals surface area contributed by atoms with E-state index in [0.29, 0.717) is 0 Å². The lowest BCUT2D eigenvalue weighted by molar-refractivity contribution is 1.55. The average molecular weight is 546 g/mol. The molecular formula is C42H27N. The molecule has 9 aromatic rings. The summed E-state index contributed by atoms with van der Waals surface area (Å²) in [5.41, 5.74) is 9.87. The number of rotatable bonds is 3. The normalized spacial score (nSPS) is 11.7. The predicted molar refractivity (Wildman–Crippen MR) is 185 cm³/mol. The molecule has 1 heterocycles. The molecule has 0 atom stereocenters. The quantitative estimate of drug-likeness (QED) is 0.213. The Hall–Kier alpha value is -5.66. The number of fused-ring (bicyclic) bond motifs is 6. The third kappa shape index (κ3) is 3.72. The first kappa shape index (κ1) is 24.0. The second kappa shape index (κ2) is 9.44. The van der Waals surface area contributed by atoms with Crippen LogP contribution < -0.4 is 0 Å². The van der Waals surface area contributed by atoms with Crippen LogP contribution in [0.4, 0.5) is 0 Å². The molecule has 0 aliphatic rings. The molecule has 0 saturated carbocycles. The fraction of sp³-hybridized carbons (Fsp3) is 0. The van der Waals surface area contributed by atoms with Gasteiger partial charge >= 0.3 is 0 Å². The van der Waals surface area contributed by atoms with Gasteiger partial charge in [-0.15, -0.1) is 0 Å². The standard InChI is InChI=1S/C42H27N/c1-2-12-27(13-3-1)31-16-6-7-17-32(31)42-35-20-10-8-18-33(35)41(34-19-9-11-21-36(34)42)30-22-23-39-37(25-30)38-24-28-14-4-5-15-29(28)26-40(38)43-39/h1-26,43H. The van der Waals surface area contributed by atoms with E-state index in [-0.39, 0.29) is 0 Å². The fourth-order valence-corrected chi connectivity index (χ4v) is 7.04. The maximum atomic E-state index is 3.68. The molecule has 1 heteroatoms. The zero-order valence-corrected chi connectivity index (χ0v) is 23.5. The molecule has 0 fully saturated rings. The minimum absolute atomic E-state index is 1.16. The van der Waals surface area contributed by atoms with Crippen LogP contribution in [0.5, 0.6) is 0 Å². The number of hydrogen-bond acceptors (Lipinski definition) is 0. The molecular weight excluding hydrogens is 518 g/mol. The summed E-state index contributed by atoms with van der Waals surface area (Å²) < 4.78 is 0. The molecule has 8 aromatic carbocycles. The van der Waals surface area contributed by atoms with E-state index in [4.69, 9.17) is 0 Å². The van der Waals surface area contributed by atoms with E-state index in [2.05, 4.69) is 163 Å². The van der Waals surface area contributed by atoms with Gasteiger partial charge < -0.3 is 4.98 Å². The van der Waals surface area contributed by atoms with Gasteiger partial charge in [0.15, 0.2) is 0 Å². The highest BCUT2D eigenvalue weighted by molar-refractivity contribution is 6.23. The SMILES string of the molecule is c1ccc(-c2ccccc2-c2c3ccccc3c(-c3ccc4[nH]c5cc6ccccc6cc5c4c3)c3ccccc23)cc1. The van der Waals surface area contributed by atoms with Crippen molar-refractivity contribution in [2.45, 2.75) is 0 Å². The van der Waals surface area contributed by atoms with Gasteiger partial charge in [-0.25, -0.2) is 0 Å². The van der Waals surface area contributed by atoms with Gasteiger partial charge in [0.2, 0.25) is 0 Å². The van der Waals surface area contributed by atoms with Crippen molar-refractivity contribution < 1.29 is 0 Å². The highest BCUT2D eigenvalue weighted by atomic mass is 14.7. The molecule has 0 spiro atoms. The zero-order valence-electron chi connectivity index (χ0n) is 23.5. The molecule has 0 saturated heterocycles. The second-order valence-electron chi connectivity index (χ2n) is 11.4. The lowest BCUT2D eigenvalue weighted by Gasteiger charge is -2.19. The van der Waals surface area contributed by atoms with Crippen LogP contribution in [0.3, 0.4) is 0 Å². The summed E-state index contributed by atoms with van der Waals surface area (Å²) >= 11 is 0. The van der Waals surface area contributed by atoms with E-state index >= 15 is 0 Å². The number of aromatic amines is 1. The summed E-state index contributed by atoms with van der Waals surface area (Å²) in [5, 5.41) is 10.1. The Morgan fingerprint density at radius 1 is 0.302 bits per heavy atom. The van der Waals surface area contributed by atoms with Crippen LogP contribution in [0.25, 0.3) is 87.5 Å². The van der Waals surface area contributed by atoms with Crippen molar-refractivity contribution in [1.82, 2.24) is 4.98 Å². The molecule has 43 heavy (non-hydrogen) atoms. The lowest BCUT2D eigenvalue weighted by atomic mass is 9.83. The van der Waals surface area contributed by atoms with E-state index in [1.165, 1.54) is 82.0 Å². The van der Waals surface area contributed by atoms with Gasteiger partial charge in [-0.1, -0.05) is 133 Å². The van der Waals surface area contributed by atoms with E-state index in [0.717, 1.165) is 5.52 Å². The monoisotopic (exact) mass is 545 g/mol. The van der Waals surface area contributed by atoms with Gasteiger partial charge in [-0.3, -0.25) is 0 Å². The first-order valence-corrected chi connectivity index (χ1v) is 14.9. The molecule has 200 valence electrons. The summed E-state index contributed by atoms with van der Waals surface area (Å²) in [6, 6.07) is 57.5. The van der Waals surface area contributed by atoms with E-state index in [1.54, 1.807) is 0 Å².